The highest BCUT2D eigenvalue weighted by molar-refractivity contribution is 7.99. The second kappa shape index (κ2) is 5.84. The number of hydrogen-bond donors (Lipinski definition) is 0. The van der Waals surface area contributed by atoms with Gasteiger partial charge in [0.05, 0.1) is 4.90 Å². The number of aryl methyl sites for hydroxylation is 3. The molecule has 0 radical (unpaired) electrons. The molecule has 22 heavy (non-hydrogen) atoms. The molecule has 0 N–H and O–H groups in total. The summed E-state index contributed by atoms with van der Waals surface area (Å²) in [6, 6.07) is 4.36. The number of hydrogen-bond acceptors (Lipinski definition) is 3. The zero-order valence-electron chi connectivity index (χ0n) is 13.8. The Morgan fingerprint density at radius 1 is 1.05 bits per heavy atom. The van der Waals surface area contributed by atoms with Crippen molar-refractivity contribution in [2.45, 2.75) is 68.7 Å². The van der Waals surface area contributed by atoms with E-state index in [1.54, 1.807) is 0 Å². The lowest BCUT2D eigenvalue weighted by molar-refractivity contribution is 0.253. The smallest absolute Gasteiger partial charge is 0.207 e. The van der Waals surface area contributed by atoms with Gasteiger partial charge in [-0.1, -0.05) is 17.7 Å². The van der Waals surface area contributed by atoms with Crippen LogP contribution in [0.4, 0.5) is 0 Å². The maximum absolute atomic E-state index is 13.3. The Kier molecular flexibility index (Phi) is 4.34. The second-order valence-corrected chi connectivity index (χ2v) is 9.69. The molecule has 2 aliphatic rings. The predicted molar refractivity (Wildman–Crippen MR) is 93.0 cm³/mol. The van der Waals surface area contributed by atoms with E-state index in [4.69, 9.17) is 0 Å². The Morgan fingerprint density at radius 3 is 2.00 bits per heavy atom. The molecule has 2 unspecified atom stereocenters. The lowest BCUT2D eigenvalue weighted by Gasteiger charge is -2.37. The average Bonchev–Trinajstić information content (AvgIpc) is 2.69. The second-order valence-electron chi connectivity index (χ2n) is 6.78. The van der Waals surface area contributed by atoms with Crippen LogP contribution in [0.3, 0.4) is 0 Å². The van der Waals surface area contributed by atoms with E-state index in [1.165, 1.54) is 0 Å². The molecule has 5 heteroatoms. The summed E-state index contributed by atoms with van der Waals surface area (Å²) in [5, 5.41) is 0.615. The minimum atomic E-state index is -3.38. The zero-order valence-corrected chi connectivity index (χ0v) is 15.4. The third-order valence-electron chi connectivity index (χ3n) is 5.10. The van der Waals surface area contributed by atoms with Crippen molar-refractivity contribution < 1.29 is 8.42 Å². The molecule has 0 saturated carbocycles. The fourth-order valence-electron chi connectivity index (χ4n) is 4.35. The van der Waals surface area contributed by atoms with E-state index in [9.17, 15) is 8.42 Å². The van der Waals surface area contributed by atoms with Crippen LogP contribution >= 0.6 is 11.8 Å². The molecular formula is C17H25NO2S2. The molecule has 0 amide bonds. The number of benzene rings is 1. The van der Waals surface area contributed by atoms with Gasteiger partial charge >= 0.3 is 0 Å². The third kappa shape index (κ3) is 2.61. The summed E-state index contributed by atoms with van der Waals surface area (Å²) in [5.74, 6) is 0. The van der Waals surface area contributed by atoms with Crippen molar-refractivity contribution in [1.29, 1.82) is 0 Å². The predicted octanol–water partition coefficient (Wildman–Crippen LogP) is 3.66. The molecule has 0 aromatic heterocycles. The Balaban J connectivity index is 2.02. The zero-order chi connectivity index (χ0) is 16.1. The van der Waals surface area contributed by atoms with Crippen LogP contribution in [0.25, 0.3) is 0 Å². The standard InChI is InChI=1S/C17H25NO2S2/c1-11-7-12(2)17(13(3)8-11)22(19,20)18-14-5-6-15(18)10-16(9-14)21-4/h7-8,14-16H,5-6,9-10H2,1-4H3. The van der Waals surface area contributed by atoms with Gasteiger partial charge in [-0.05, 0) is 63.8 Å². The lowest BCUT2D eigenvalue weighted by atomic mass is 10.1. The largest absolute Gasteiger partial charge is 0.244 e. The monoisotopic (exact) mass is 339 g/mol. The summed E-state index contributed by atoms with van der Waals surface area (Å²) >= 11 is 1.89. The highest BCUT2D eigenvalue weighted by Crippen LogP contribution is 2.43. The summed E-state index contributed by atoms with van der Waals surface area (Å²) in [7, 11) is -3.38. The number of piperidine rings is 1. The number of sulfonamides is 1. The lowest BCUT2D eigenvalue weighted by Crippen LogP contribution is -2.47. The maximum atomic E-state index is 13.3. The van der Waals surface area contributed by atoms with E-state index in [-0.39, 0.29) is 12.1 Å². The van der Waals surface area contributed by atoms with Crippen LogP contribution in [-0.4, -0.2) is 36.3 Å². The first kappa shape index (κ1) is 16.3. The highest BCUT2D eigenvalue weighted by Gasteiger charge is 2.47. The Labute approximate surface area is 138 Å². The van der Waals surface area contributed by atoms with Gasteiger partial charge in [-0.3, -0.25) is 0 Å². The molecule has 3 nitrogen and oxygen atoms in total. The molecular weight excluding hydrogens is 314 g/mol. The third-order valence-corrected chi connectivity index (χ3v) is 8.46. The SMILES string of the molecule is CSC1CC2CCC(C1)N2S(=O)(=O)c1c(C)cc(C)cc1C. The first-order chi connectivity index (χ1) is 10.3. The summed E-state index contributed by atoms with van der Waals surface area (Å²) in [5.41, 5.74) is 2.88. The Morgan fingerprint density at radius 2 is 1.55 bits per heavy atom. The summed E-state index contributed by atoms with van der Waals surface area (Å²) in [6.45, 7) is 5.86. The van der Waals surface area contributed by atoms with E-state index in [0.29, 0.717) is 10.1 Å². The number of thioether (sulfide) groups is 1. The first-order valence-electron chi connectivity index (χ1n) is 7.98. The van der Waals surface area contributed by atoms with Gasteiger partial charge in [0, 0.05) is 17.3 Å². The normalized spacial score (nSPS) is 29.0. The van der Waals surface area contributed by atoms with Crippen molar-refractivity contribution in [3.05, 3.63) is 28.8 Å². The van der Waals surface area contributed by atoms with Crippen LogP contribution in [0.5, 0.6) is 0 Å². The molecule has 2 atom stereocenters. The molecule has 2 fully saturated rings. The van der Waals surface area contributed by atoms with Gasteiger partial charge in [-0.25, -0.2) is 8.42 Å². The number of rotatable bonds is 3. The summed E-state index contributed by atoms with van der Waals surface area (Å²) < 4.78 is 28.5. The van der Waals surface area contributed by atoms with Gasteiger partial charge < -0.3 is 0 Å². The molecule has 1 aromatic rings. The van der Waals surface area contributed by atoms with Gasteiger partial charge in [0.2, 0.25) is 10.0 Å². The van der Waals surface area contributed by atoms with E-state index >= 15 is 0 Å². The molecule has 2 aliphatic heterocycles. The molecule has 0 spiro atoms. The molecule has 3 rings (SSSR count). The van der Waals surface area contributed by atoms with Crippen molar-refractivity contribution in [1.82, 2.24) is 4.31 Å². The van der Waals surface area contributed by atoms with Crippen LogP contribution in [-0.2, 0) is 10.0 Å². The number of nitrogens with zero attached hydrogens (tertiary/aromatic N) is 1. The van der Waals surface area contributed by atoms with E-state index < -0.39 is 10.0 Å². The van der Waals surface area contributed by atoms with Gasteiger partial charge in [-0.2, -0.15) is 16.1 Å². The van der Waals surface area contributed by atoms with E-state index in [0.717, 1.165) is 42.4 Å². The van der Waals surface area contributed by atoms with Crippen LogP contribution in [0.2, 0.25) is 0 Å². The van der Waals surface area contributed by atoms with Gasteiger partial charge in [0.25, 0.3) is 0 Å². The summed E-state index contributed by atoms with van der Waals surface area (Å²) in [4.78, 5) is 0.539. The summed E-state index contributed by atoms with van der Waals surface area (Å²) in [6.07, 6.45) is 6.18. The fraction of sp³-hybridized carbons (Fsp3) is 0.647. The van der Waals surface area contributed by atoms with Crippen LogP contribution in [0.15, 0.2) is 17.0 Å². The molecule has 1 aromatic carbocycles. The molecule has 2 heterocycles. The minimum Gasteiger partial charge on any atom is -0.207 e. The molecule has 122 valence electrons. The Bertz CT molecular complexity index is 647. The number of fused-ring (bicyclic) bond motifs is 2. The van der Waals surface area contributed by atoms with Crippen molar-refractivity contribution >= 4 is 21.8 Å². The average molecular weight is 340 g/mol. The van der Waals surface area contributed by atoms with Crippen LogP contribution < -0.4 is 0 Å². The Hall–Kier alpha value is -0.520. The van der Waals surface area contributed by atoms with Gasteiger partial charge in [-0.15, -0.1) is 0 Å². The molecule has 2 bridgehead atoms. The van der Waals surface area contributed by atoms with Crippen molar-refractivity contribution in [3.8, 4) is 0 Å². The van der Waals surface area contributed by atoms with E-state index in [1.807, 2.05) is 49.0 Å². The van der Waals surface area contributed by atoms with Crippen molar-refractivity contribution in [3.63, 3.8) is 0 Å². The van der Waals surface area contributed by atoms with Crippen molar-refractivity contribution in [2.24, 2.45) is 0 Å². The van der Waals surface area contributed by atoms with Gasteiger partial charge in [0.15, 0.2) is 0 Å². The van der Waals surface area contributed by atoms with Crippen molar-refractivity contribution in [2.75, 3.05) is 6.26 Å². The van der Waals surface area contributed by atoms with E-state index in [2.05, 4.69) is 6.26 Å². The molecule has 2 saturated heterocycles. The highest BCUT2D eigenvalue weighted by atomic mass is 32.2. The van der Waals surface area contributed by atoms with Crippen LogP contribution in [0, 0.1) is 20.8 Å². The van der Waals surface area contributed by atoms with Crippen LogP contribution in [0.1, 0.15) is 42.4 Å². The van der Waals surface area contributed by atoms with Gasteiger partial charge in [0.1, 0.15) is 0 Å². The molecule has 0 aliphatic carbocycles. The fourth-order valence-corrected chi connectivity index (χ4v) is 7.49. The quantitative estimate of drug-likeness (QED) is 0.843. The maximum Gasteiger partial charge on any atom is 0.244 e. The first-order valence-corrected chi connectivity index (χ1v) is 10.7. The topological polar surface area (TPSA) is 37.4 Å². The minimum absolute atomic E-state index is 0.196.